The van der Waals surface area contributed by atoms with Crippen LogP contribution in [0.25, 0.3) is 5.69 Å². The number of aromatic nitrogens is 2. The SMILES string of the molecule is Cc1cccc(C)c1NC(=O)Oc1cnn(-c2ccc(Cl)cc2)c1C(F)(F)F. The molecule has 0 aliphatic carbocycles. The van der Waals surface area contributed by atoms with E-state index in [9.17, 15) is 18.0 Å². The van der Waals surface area contributed by atoms with Crippen molar-refractivity contribution in [1.29, 1.82) is 0 Å². The van der Waals surface area contributed by atoms with Gasteiger partial charge in [0, 0.05) is 10.7 Å². The summed E-state index contributed by atoms with van der Waals surface area (Å²) in [7, 11) is 0. The Balaban J connectivity index is 1.92. The van der Waals surface area contributed by atoms with Gasteiger partial charge in [0.25, 0.3) is 0 Å². The fourth-order valence-corrected chi connectivity index (χ4v) is 2.81. The predicted molar refractivity (Wildman–Crippen MR) is 99.1 cm³/mol. The fraction of sp³-hybridized carbons (Fsp3) is 0.158. The van der Waals surface area contributed by atoms with Crippen molar-refractivity contribution in [1.82, 2.24) is 9.78 Å². The molecule has 9 heteroatoms. The van der Waals surface area contributed by atoms with Crippen molar-refractivity contribution in [3.8, 4) is 11.4 Å². The number of aryl methyl sites for hydroxylation is 2. The number of rotatable bonds is 3. The van der Waals surface area contributed by atoms with Crippen molar-refractivity contribution in [2.45, 2.75) is 20.0 Å². The van der Waals surface area contributed by atoms with E-state index in [4.69, 9.17) is 16.3 Å². The van der Waals surface area contributed by atoms with Crippen molar-refractivity contribution in [3.05, 3.63) is 70.5 Å². The molecule has 1 N–H and O–H groups in total. The van der Waals surface area contributed by atoms with Crippen molar-refractivity contribution in [2.24, 2.45) is 0 Å². The number of hydrogen-bond acceptors (Lipinski definition) is 3. The molecule has 28 heavy (non-hydrogen) atoms. The van der Waals surface area contributed by atoms with Crippen LogP contribution in [0.4, 0.5) is 23.7 Å². The van der Waals surface area contributed by atoms with Crippen molar-refractivity contribution in [3.63, 3.8) is 0 Å². The third kappa shape index (κ3) is 4.12. The number of amides is 1. The maximum atomic E-state index is 13.6. The minimum atomic E-state index is -4.80. The van der Waals surface area contributed by atoms with Gasteiger partial charge in [0.05, 0.1) is 11.9 Å². The first kappa shape index (κ1) is 19.8. The molecule has 1 heterocycles. The van der Waals surface area contributed by atoms with Crippen LogP contribution >= 0.6 is 11.6 Å². The van der Waals surface area contributed by atoms with Gasteiger partial charge in [0.1, 0.15) is 0 Å². The Morgan fingerprint density at radius 3 is 2.29 bits per heavy atom. The lowest BCUT2D eigenvalue weighted by molar-refractivity contribution is -0.143. The lowest BCUT2D eigenvalue weighted by Crippen LogP contribution is -2.21. The number of nitrogens with zero attached hydrogens (tertiary/aromatic N) is 2. The van der Waals surface area contributed by atoms with Gasteiger partial charge in [-0.2, -0.15) is 18.3 Å². The summed E-state index contributed by atoms with van der Waals surface area (Å²) in [6.07, 6.45) is -5.00. The van der Waals surface area contributed by atoms with Crippen LogP contribution < -0.4 is 10.1 Å². The van der Waals surface area contributed by atoms with Crippen LogP contribution in [0.15, 0.2) is 48.7 Å². The molecule has 5 nitrogen and oxygen atoms in total. The number of halogens is 4. The van der Waals surface area contributed by atoms with Crippen LogP contribution in [0.1, 0.15) is 16.8 Å². The first-order valence-electron chi connectivity index (χ1n) is 8.13. The number of para-hydroxylation sites is 1. The van der Waals surface area contributed by atoms with Gasteiger partial charge in [0.2, 0.25) is 0 Å². The topological polar surface area (TPSA) is 56.1 Å². The molecule has 3 aromatic rings. The third-order valence-corrected chi connectivity index (χ3v) is 4.24. The van der Waals surface area contributed by atoms with E-state index >= 15 is 0 Å². The number of benzene rings is 2. The van der Waals surface area contributed by atoms with Crippen LogP contribution in [-0.4, -0.2) is 15.9 Å². The van der Waals surface area contributed by atoms with E-state index in [0.717, 1.165) is 17.3 Å². The van der Waals surface area contributed by atoms with E-state index in [1.807, 2.05) is 0 Å². The van der Waals surface area contributed by atoms with Crippen LogP contribution in [0.2, 0.25) is 5.02 Å². The molecule has 0 aliphatic rings. The minimum absolute atomic E-state index is 0.127. The van der Waals surface area contributed by atoms with E-state index in [-0.39, 0.29) is 5.69 Å². The maximum absolute atomic E-state index is 13.6. The molecule has 146 valence electrons. The molecule has 2 aromatic carbocycles. The molecule has 0 atom stereocenters. The average Bonchev–Trinajstić information content (AvgIpc) is 3.03. The van der Waals surface area contributed by atoms with Crippen LogP contribution in [0, 0.1) is 13.8 Å². The van der Waals surface area contributed by atoms with Crippen molar-refractivity contribution in [2.75, 3.05) is 5.32 Å². The second-order valence-electron chi connectivity index (χ2n) is 6.02. The molecule has 0 unspecified atom stereocenters. The highest BCUT2D eigenvalue weighted by molar-refractivity contribution is 6.30. The summed E-state index contributed by atoms with van der Waals surface area (Å²) in [5.74, 6) is -0.703. The molecular formula is C19H15ClF3N3O2. The number of hydrogen-bond donors (Lipinski definition) is 1. The quantitative estimate of drug-likeness (QED) is 0.597. The van der Waals surface area contributed by atoms with Gasteiger partial charge in [-0.05, 0) is 49.2 Å². The number of carbonyl (C=O) groups is 1. The van der Waals surface area contributed by atoms with E-state index in [2.05, 4.69) is 10.4 Å². The van der Waals surface area contributed by atoms with Crippen LogP contribution in [0.3, 0.4) is 0 Å². The molecule has 0 spiro atoms. The Morgan fingerprint density at radius 1 is 1.11 bits per heavy atom. The Kier molecular flexibility index (Phi) is 5.33. The lowest BCUT2D eigenvalue weighted by Gasteiger charge is -2.14. The Labute approximate surface area is 163 Å². The molecule has 3 rings (SSSR count). The van der Waals surface area contributed by atoms with Crippen molar-refractivity contribution < 1.29 is 22.7 Å². The largest absolute Gasteiger partial charge is 0.437 e. The molecule has 0 bridgehead atoms. The zero-order valence-corrected chi connectivity index (χ0v) is 15.6. The summed E-state index contributed by atoms with van der Waals surface area (Å²) in [5.41, 5.74) is 0.911. The monoisotopic (exact) mass is 409 g/mol. The molecule has 1 aromatic heterocycles. The smallest absolute Gasteiger partial charge is 0.406 e. The second-order valence-corrected chi connectivity index (χ2v) is 6.46. The summed E-state index contributed by atoms with van der Waals surface area (Å²) in [5, 5.41) is 6.57. The molecule has 0 fully saturated rings. The van der Waals surface area contributed by atoms with E-state index in [1.165, 1.54) is 24.3 Å². The Hall–Kier alpha value is -3.00. The number of anilines is 1. The third-order valence-electron chi connectivity index (χ3n) is 3.99. The zero-order valence-electron chi connectivity index (χ0n) is 14.8. The van der Waals surface area contributed by atoms with E-state index < -0.39 is 23.7 Å². The highest BCUT2D eigenvalue weighted by Gasteiger charge is 2.40. The molecular weight excluding hydrogens is 395 g/mol. The van der Waals surface area contributed by atoms with Gasteiger partial charge < -0.3 is 4.74 Å². The van der Waals surface area contributed by atoms with Gasteiger partial charge in [-0.25, -0.2) is 9.48 Å². The van der Waals surface area contributed by atoms with Gasteiger partial charge in [-0.3, -0.25) is 5.32 Å². The summed E-state index contributed by atoms with van der Waals surface area (Å²) in [4.78, 5) is 12.2. The Bertz CT molecular complexity index is 994. The number of ether oxygens (including phenoxy) is 1. The first-order valence-corrected chi connectivity index (χ1v) is 8.51. The van der Waals surface area contributed by atoms with Crippen molar-refractivity contribution >= 4 is 23.4 Å². The zero-order chi connectivity index (χ0) is 20.5. The number of alkyl halides is 3. The normalized spacial score (nSPS) is 11.4. The summed E-state index contributed by atoms with van der Waals surface area (Å²) in [6, 6.07) is 11.0. The van der Waals surface area contributed by atoms with Gasteiger partial charge >= 0.3 is 12.3 Å². The molecule has 1 amide bonds. The van der Waals surface area contributed by atoms with Gasteiger partial charge in [0.15, 0.2) is 11.4 Å². The second kappa shape index (κ2) is 7.55. The standard InChI is InChI=1S/C19H15ClF3N3O2/c1-11-4-3-5-12(2)16(11)25-18(27)28-15-10-24-26(17(15)19(21,22)23)14-8-6-13(20)7-9-14/h3-10H,1-2H3,(H,25,27). The van der Waals surface area contributed by atoms with Gasteiger partial charge in [-0.15, -0.1) is 0 Å². The van der Waals surface area contributed by atoms with Crippen LogP contribution in [0.5, 0.6) is 5.75 Å². The summed E-state index contributed by atoms with van der Waals surface area (Å²) < 4.78 is 46.4. The highest BCUT2D eigenvalue weighted by Crippen LogP contribution is 2.38. The van der Waals surface area contributed by atoms with E-state index in [0.29, 0.717) is 15.4 Å². The Morgan fingerprint density at radius 2 is 1.71 bits per heavy atom. The van der Waals surface area contributed by atoms with Crippen LogP contribution in [-0.2, 0) is 6.18 Å². The molecule has 0 aliphatic heterocycles. The fourth-order valence-electron chi connectivity index (χ4n) is 2.69. The minimum Gasteiger partial charge on any atom is -0.406 e. The predicted octanol–water partition coefficient (Wildman–Crippen LogP) is 5.77. The number of carbonyl (C=O) groups excluding carboxylic acids is 1. The average molecular weight is 410 g/mol. The van der Waals surface area contributed by atoms with Gasteiger partial charge in [-0.1, -0.05) is 29.8 Å². The maximum Gasteiger partial charge on any atom is 0.437 e. The molecule has 0 radical (unpaired) electrons. The summed E-state index contributed by atoms with van der Waals surface area (Å²) in [6.45, 7) is 3.53. The first-order chi connectivity index (χ1) is 13.2. The molecule has 0 saturated carbocycles. The number of nitrogens with one attached hydrogen (secondary N) is 1. The van der Waals surface area contributed by atoms with E-state index in [1.54, 1.807) is 32.0 Å². The summed E-state index contributed by atoms with van der Waals surface area (Å²) >= 11 is 5.78. The lowest BCUT2D eigenvalue weighted by atomic mass is 10.1. The highest BCUT2D eigenvalue weighted by atomic mass is 35.5. The molecule has 0 saturated heterocycles.